The average Bonchev–Trinajstić information content (AvgIpc) is 2.82. The number of anilines is 1. The molecular formula is C20H21ClN2O3. The third kappa shape index (κ3) is 3.53. The highest BCUT2D eigenvalue weighted by atomic mass is 35.5. The van der Waals surface area contributed by atoms with Crippen LogP contribution in [0.2, 0.25) is 5.02 Å². The summed E-state index contributed by atoms with van der Waals surface area (Å²) in [7, 11) is 0. The highest BCUT2D eigenvalue weighted by Gasteiger charge is 2.39. The number of carbonyl (C=O) groups is 2. The van der Waals surface area contributed by atoms with Crippen LogP contribution in [-0.4, -0.2) is 17.9 Å². The molecule has 5 nitrogen and oxygen atoms in total. The Bertz CT molecular complexity index is 851. The Morgan fingerprint density at radius 1 is 1.23 bits per heavy atom. The molecule has 2 aromatic carbocycles. The fourth-order valence-corrected chi connectivity index (χ4v) is 3.41. The predicted molar refractivity (Wildman–Crippen MR) is 101 cm³/mol. The average molecular weight is 373 g/mol. The zero-order chi connectivity index (χ0) is 18.8. The number of para-hydroxylation sites is 2. The first kappa shape index (κ1) is 18.3. The van der Waals surface area contributed by atoms with Gasteiger partial charge in [0.1, 0.15) is 11.8 Å². The summed E-state index contributed by atoms with van der Waals surface area (Å²) in [5, 5.41) is 3.20. The number of nitrogens with zero attached hydrogens (tertiary/aromatic N) is 1. The topological polar surface area (TPSA) is 58.6 Å². The Labute approximate surface area is 157 Å². The van der Waals surface area contributed by atoms with E-state index in [1.165, 1.54) is 6.92 Å². The minimum Gasteiger partial charge on any atom is -0.491 e. The normalized spacial score (nSPS) is 16.0. The number of hydrogen-bond donors (Lipinski definition) is 1. The van der Waals surface area contributed by atoms with E-state index in [9.17, 15) is 9.59 Å². The number of nitrogens with one attached hydrogen (secondary N) is 1. The smallest absolute Gasteiger partial charge is 0.254 e. The number of amides is 2. The molecule has 1 N–H and O–H groups in total. The van der Waals surface area contributed by atoms with E-state index >= 15 is 0 Å². The monoisotopic (exact) mass is 372 g/mol. The van der Waals surface area contributed by atoms with Gasteiger partial charge in [-0.3, -0.25) is 9.59 Å². The van der Waals surface area contributed by atoms with E-state index in [0.29, 0.717) is 22.8 Å². The lowest BCUT2D eigenvalue weighted by Gasteiger charge is -2.21. The number of hydrogen-bond acceptors (Lipinski definition) is 3. The van der Waals surface area contributed by atoms with E-state index in [-0.39, 0.29) is 17.9 Å². The first-order valence-corrected chi connectivity index (χ1v) is 8.87. The number of halogens is 1. The summed E-state index contributed by atoms with van der Waals surface area (Å²) in [6.45, 7) is 5.62. The van der Waals surface area contributed by atoms with Crippen molar-refractivity contribution in [3.05, 3.63) is 58.6 Å². The molecule has 0 spiro atoms. The van der Waals surface area contributed by atoms with Crippen molar-refractivity contribution in [1.29, 1.82) is 0 Å². The molecule has 1 heterocycles. The third-order valence-corrected chi connectivity index (χ3v) is 4.43. The van der Waals surface area contributed by atoms with Crippen LogP contribution in [0.4, 0.5) is 5.69 Å². The van der Waals surface area contributed by atoms with Gasteiger partial charge >= 0.3 is 0 Å². The Morgan fingerprint density at radius 3 is 2.65 bits per heavy atom. The molecule has 1 aliphatic rings. The van der Waals surface area contributed by atoms with Crippen molar-refractivity contribution >= 4 is 29.1 Å². The summed E-state index contributed by atoms with van der Waals surface area (Å²) in [4.78, 5) is 26.2. The second-order valence-corrected chi connectivity index (χ2v) is 6.92. The Balaban J connectivity index is 1.99. The molecule has 0 unspecified atom stereocenters. The molecular weight excluding hydrogens is 352 g/mol. The maximum Gasteiger partial charge on any atom is 0.254 e. The van der Waals surface area contributed by atoms with Gasteiger partial charge in [0, 0.05) is 18.1 Å². The molecule has 6 heteroatoms. The Morgan fingerprint density at radius 2 is 1.96 bits per heavy atom. The van der Waals surface area contributed by atoms with Gasteiger partial charge in [0.05, 0.1) is 23.4 Å². The van der Waals surface area contributed by atoms with Gasteiger partial charge in [0.15, 0.2) is 0 Å². The summed E-state index contributed by atoms with van der Waals surface area (Å²) in [5.41, 5.74) is 2.22. The minimum atomic E-state index is -0.723. The Kier molecular flexibility index (Phi) is 5.18. The van der Waals surface area contributed by atoms with Crippen molar-refractivity contribution in [2.75, 3.05) is 4.90 Å². The number of carbonyl (C=O) groups excluding carboxylic acids is 2. The van der Waals surface area contributed by atoms with Crippen molar-refractivity contribution < 1.29 is 14.3 Å². The molecule has 2 amide bonds. The van der Waals surface area contributed by atoms with Gasteiger partial charge in [0.2, 0.25) is 5.91 Å². The van der Waals surface area contributed by atoms with Crippen molar-refractivity contribution in [2.24, 2.45) is 0 Å². The first-order chi connectivity index (χ1) is 12.4. The van der Waals surface area contributed by atoms with Crippen LogP contribution in [0.25, 0.3) is 0 Å². The largest absolute Gasteiger partial charge is 0.491 e. The van der Waals surface area contributed by atoms with Gasteiger partial charge in [-0.1, -0.05) is 41.9 Å². The molecule has 1 aliphatic heterocycles. The van der Waals surface area contributed by atoms with Crippen LogP contribution in [0, 0.1) is 0 Å². The highest BCUT2D eigenvalue weighted by molar-refractivity contribution is 6.34. The lowest BCUT2D eigenvalue weighted by Crippen LogP contribution is -2.36. The van der Waals surface area contributed by atoms with Crippen LogP contribution < -0.4 is 15.0 Å². The lowest BCUT2D eigenvalue weighted by atomic mass is 10.1. The van der Waals surface area contributed by atoms with Crippen molar-refractivity contribution in [2.45, 2.75) is 39.5 Å². The van der Waals surface area contributed by atoms with E-state index in [0.717, 1.165) is 11.3 Å². The SMILES string of the molecule is CC(=O)N[C@@H]1C(=O)N(Cc2ccccc2OC(C)C)c2c(Cl)cccc21. The van der Waals surface area contributed by atoms with Crippen molar-refractivity contribution in [1.82, 2.24) is 5.32 Å². The molecule has 0 aromatic heterocycles. The number of fused-ring (bicyclic) bond motifs is 1. The van der Waals surface area contributed by atoms with Crippen LogP contribution in [-0.2, 0) is 16.1 Å². The fraction of sp³-hybridized carbons (Fsp3) is 0.300. The molecule has 1 atom stereocenters. The molecule has 0 fully saturated rings. The summed E-state index contributed by atoms with van der Waals surface area (Å²) >= 11 is 6.38. The third-order valence-electron chi connectivity index (χ3n) is 4.12. The van der Waals surface area contributed by atoms with Gasteiger partial charge in [-0.05, 0) is 26.0 Å². The van der Waals surface area contributed by atoms with E-state index in [4.69, 9.17) is 16.3 Å². The van der Waals surface area contributed by atoms with E-state index in [2.05, 4.69) is 5.32 Å². The first-order valence-electron chi connectivity index (χ1n) is 8.50. The maximum absolute atomic E-state index is 13.0. The lowest BCUT2D eigenvalue weighted by molar-refractivity contribution is -0.126. The fourth-order valence-electron chi connectivity index (χ4n) is 3.12. The van der Waals surface area contributed by atoms with Crippen LogP contribution in [0.15, 0.2) is 42.5 Å². The molecule has 136 valence electrons. The van der Waals surface area contributed by atoms with Gasteiger partial charge in [-0.2, -0.15) is 0 Å². The summed E-state index contributed by atoms with van der Waals surface area (Å²) < 4.78 is 5.86. The molecule has 0 aliphatic carbocycles. The number of rotatable bonds is 5. The second kappa shape index (κ2) is 7.38. The van der Waals surface area contributed by atoms with Crippen molar-refractivity contribution in [3.8, 4) is 5.75 Å². The van der Waals surface area contributed by atoms with E-state index in [1.807, 2.05) is 44.2 Å². The predicted octanol–water partition coefficient (Wildman–Crippen LogP) is 3.85. The Hall–Kier alpha value is -2.53. The summed E-state index contributed by atoms with van der Waals surface area (Å²) in [6, 6.07) is 12.2. The van der Waals surface area contributed by atoms with Gasteiger partial charge < -0.3 is 15.0 Å². The van der Waals surface area contributed by atoms with Crippen LogP contribution in [0.5, 0.6) is 5.75 Å². The van der Waals surface area contributed by atoms with Crippen molar-refractivity contribution in [3.63, 3.8) is 0 Å². The van der Waals surface area contributed by atoms with E-state index < -0.39 is 6.04 Å². The maximum atomic E-state index is 13.0. The number of benzene rings is 2. The zero-order valence-electron chi connectivity index (χ0n) is 15.0. The zero-order valence-corrected chi connectivity index (χ0v) is 15.7. The molecule has 0 saturated carbocycles. The molecule has 0 radical (unpaired) electrons. The van der Waals surface area contributed by atoms with Crippen LogP contribution >= 0.6 is 11.6 Å². The summed E-state index contributed by atoms with van der Waals surface area (Å²) in [5.74, 6) is 0.259. The molecule has 3 rings (SSSR count). The van der Waals surface area contributed by atoms with Crippen LogP contribution in [0.3, 0.4) is 0 Å². The number of ether oxygens (including phenoxy) is 1. The highest BCUT2D eigenvalue weighted by Crippen LogP contribution is 2.42. The standard InChI is InChI=1S/C20H21ClN2O3/c1-12(2)26-17-10-5-4-7-14(17)11-23-19-15(8-6-9-16(19)21)18(20(23)25)22-13(3)24/h4-10,12,18H,11H2,1-3H3,(H,22,24)/t18-/m0/s1. The molecule has 2 aromatic rings. The second-order valence-electron chi connectivity index (χ2n) is 6.51. The van der Waals surface area contributed by atoms with Gasteiger partial charge in [-0.25, -0.2) is 0 Å². The molecule has 0 bridgehead atoms. The molecule has 26 heavy (non-hydrogen) atoms. The quantitative estimate of drug-likeness (QED) is 0.867. The van der Waals surface area contributed by atoms with Gasteiger partial charge in [-0.15, -0.1) is 0 Å². The minimum absolute atomic E-state index is 0.0217. The van der Waals surface area contributed by atoms with Gasteiger partial charge in [0.25, 0.3) is 5.91 Å². The van der Waals surface area contributed by atoms with E-state index in [1.54, 1.807) is 17.0 Å². The summed E-state index contributed by atoms with van der Waals surface area (Å²) in [6.07, 6.45) is 0.0217. The van der Waals surface area contributed by atoms with Crippen LogP contribution in [0.1, 0.15) is 37.9 Å². The molecule has 0 saturated heterocycles.